The molecule has 0 amide bonds. The molecule has 0 saturated carbocycles. The third-order valence-corrected chi connectivity index (χ3v) is 10.1. The van der Waals surface area contributed by atoms with E-state index in [1.54, 1.807) is 0 Å². The van der Waals surface area contributed by atoms with Gasteiger partial charge in [-0.05, 0) is 38.3 Å². The molecule has 0 atom stereocenters. The van der Waals surface area contributed by atoms with E-state index in [-0.39, 0.29) is 7.43 Å². The highest BCUT2D eigenvalue weighted by Gasteiger charge is 2.30. The fraction of sp³-hybridized carbons (Fsp3) is 1.00. The van der Waals surface area contributed by atoms with Crippen molar-refractivity contribution in [1.82, 2.24) is 0 Å². The van der Waals surface area contributed by atoms with Crippen LogP contribution in [0.5, 0.6) is 0 Å². The van der Waals surface area contributed by atoms with Gasteiger partial charge in [-0.25, -0.2) is 0 Å². The predicted octanol–water partition coefficient (Wildman–Crippen LogP) is 4.48. The highest BCUT2D eigenvalue weighted by atomic mass is 28.4. The molecule has 0 aromatic heterocycles. The molecule has 1 nitrogen and oxygen atoms in total. The first kappa shape index (κ1) is 15.8. The maximum Gasteiger partial charge on any atom is 0.173 e. The maximum absolute atomic E-state index is 6.29. The number of rotatable bonds is 5. The van der Waals surface area contributed by atoms with Crippen molar-refractivity contribution in [3.05, 3.63) is 0 Å². The topological polar surface area (TPSA) is 9.23 Å². The smallest absolute Gasteiger partial charge is 0.173 e. The van der Waals surface area contributed by atoms with Gasteiger partial charge in [0.05, 0.1) is 0 Å². The van der Waals surface area contributed by atoms with Crippen LogP contribution in [-0.4, -0.2) is 16.6 Å². The van der Waals surface area contributed by atoms with Crippen molar-refractivity contribution in [1.29, 1.82) is 0 Å². The van der Waals surface area contributed by atoms with E-state index < -0.39 is 16.6 Å². The second-order valence-corrected chi connectivity index (χ2v) is 13.8. The first-order chi connectivity index (χ1) is 5.33. The zero-order valence-electron chi connectivity index (χ0n) is 9.53. The van der Waals surface area contributed by atoms with Crippen molar-refractivity contribution in [2.75, 3.05) is 0 Å². The highest BCUT2D eigenvalue weighted by Crippen LogP contribution is 2.21. The zero-order valence-corrected chi connectivity index (χ0v) is 11.5. The molecule has 0 N–H and O–H groups in total. The Morgan fingerprint density at radius 2 is 1.38 bits per heavy atom. The Kier molecular flexibility index (Phi) is 7.30. The largest absolute Gasteiger partial charge is 0.456 e. The van der Waals surface area contributed by atoms with Gasteiger partial charge in [0.1, 0.15) is 0 Å². The van der Waals surface area contributed by atoms with E-state index in [0.717, 1.165) is 0 Å². The molecule has 0 heterocycles. The molecule has 3 heteroatoms. The molecule has 0 fully saturated rings. The minimum Gasteiger partial charge on any atom is -0.456 e. The van der Waals surface area contributed by atoms with E-state index in [0.29, 0.717) is 0 Å². The van der Waals surface area contributed by atoms with Crippen molar-refractivity contribution in [3.63, 3.8) is 0 Å². The van der Waals surface area contributed by atoms with Gasteiger partial charge in [0.15, 0.2) is 16.6 Å². The molecule has 0 spiro atoms. The second-order valence-electron chi connectivity index (χ2n) is 4.73. The molecule has 0 aromatic rings. The molecule has 0 radical (unpaired) electrons. The molecule has 0 aliphatic carbocycles. The van der Waals surface area contributed by atoms with Crippen molar-refractivity contribution in [2.45, 2.75) is 66.0 Å². The first-order valence-electron chi connectivity index (χ1n) is 5.03. The average Bonchev–Trinajstić information content (AvgIpc) is 1.85. The average molecular weight is 221 g/mol. The highest BCUT2D eigenvalue weighted by molar-refractivity contribution is 6.84. The fourth-order valence-electron chi connectivity index (χ4n) is 1.47. The quantitative estimate of drug-likeness (QED) is 0.621. The van der Waals surface area contributed by atoms with E-state index in [1.807, 2.05) is 0 Å². The SMILES string of the molecule is C.CCC[Si](C)(C)O[Si](C)(C)CC. The van der Waals surface area contributed by atoms with E-state index in [1.165, 1.54) is 18.5 Å². The summed E-state index contributed by atoms with van der Waals surface area (Å²) in [4.78, 5) is 0. The van der Waals surface area contributed by atoms with Gasteiger partial charge < -0.3 is 4.12 Å². The third-order valence-electron chi connectivity index (χ3n) is 2.26. The summed E-state index contributed by atoms with van der Waals surface area (Å²) in [5.74, 6) is 0. The molecule has 0 rings (SSSR count). The van der Waals surface area contributed by atoms with Gasteiger partial charge in [0.25, 0.3) is 0 Å². The molecule has 13 heavy (non-hydrogen) atoms. The van der Waals surface area contributed by atoms with Gasteiger partial charge in [0.2, 0.25) is 0 Å². The van der Waals surface area contributed by atoms with Crippen LogP contribution < -0.4 is 0 Å². The predicted molar refractivity (Wildman–Crippen MR) is 68.4 cm³/mol. The molecule has 0 aromatic carbocycles. The zero-order chi connectivity index (χ0) is 9.83. The Morgan fingerprint density at radius 1 is 0.923 bits per heavy atom. The summed E-state index contributed by atoms with van der Waals surface area (Å²) in [7, 11) is -2.59. The van der Waals surface area contributed by atoms with E-state index >= 15 is 0 Å². The van der Waals surface area contributed by atoms with Crippen LogP contribution in [0.15, 0.2) is 0 Å². The summed E-state index contributed by atoms with van der Waals surface area (Å²) < 4.78 is 6.29. The van der Waals surface area contributed by atoms with Crippen LogP contribution in [0, 0.1) is 0 Å². The Labute approximate surface area is 87.2 Å². The van der Waals surface area contributed by atoms with Crippen molar-refractivity contribution in [3.8, 4) is 0 Å². The van der Waals surface area contributed by atoms with Crippen molar-refractivity contribution < 1.29 is 4.12 Å². The van der Waals surface area contributed by atoms with Gasteiger partial charge >= 0.3 is 0 Å². The minimum absolute atomic E-state index is 0. The van der Waals surface area contributed by atoms with Crippen LogP contribution in [0.25, 0.3) is 0 Å². The standard InChI is InChI=1S/C9H24OSi2.CH4/c1-7-9-12(5,6)10-11(3,4)8-2;/h7-9H2,1-6H3;1H4. The van der Waals surface area contributed by atoms with Crippen molar-refractivity contribution >= 4 is 16.6 Å². The lowest BCUT2D eigenvalue weighted by Crippen LogP contribution is -2.43. The van der Waals surface area contributed by atoms with Gasteiger partial charge in [-0.2, -0.15) is 0 Å². The molecule has 0 aliphatic rings. The molecule has 0 saturated heterocycles. The first-order valence-corrected chi connectivity index (χ1v) is 11.3. The Morgan fingerprint density at radius 3 is 1.69 bits per heavy atom. The maximum atomic E-state index is 6.29. The monoisotopic (exact) mass is 220 g/mol. The summed E-state index contributed by atoms with van der Waals surface area (Å²) in [5, 5.41) is 0. The van der Waals surface area contributed by atoms with Crippen LogP contribution >= 0.6 is 0 Å². The lowest BCUT2D eigenvalue weighted by molar-refractivity contribution is 0.538. The molecular formula is C10H28OSi2. The van der Waals surface area contributed by atoms with Crippen LogP contribution in [0.2, 0.25) is 38.3 Å². The van der Waals surface area contributed by atoms with E-state index in [9.17, 15) is 0 Å². The minimum atomic E-state index is -1.30. The molecule has 0 aliphatic heterocycles. The van der Waals surface area contributed by atoms with Gasteiger partial charge in [-0.15, -0.1) is 0 Å². The Bertz CT molecular complexity index is 133. The van der Waals surface area contributed by atoms with E-state index in [4.69, 9.17) is 4.12 Å². The van der Waals surface area contributed by atoms with Crippen LogP contribution in [0.1, 0.15) is 27.7 Å². The lowest BCUT2D eigenvalue weighted by Gasteiger charge is -2.33. The molecule has 82 valence electrons. The normalized spacial score (nSPS) is 12.5. The molecule has 0 unspecified atom stereocenters. The van der Waals surface area contributed by atoms with Gasteiger partial charge in [0, 0.05) is 0 Å². The Balaban J connectivity index is 0. The molecular weight excluding hydrogens is 192 g/mol. The van der Waals surface area contributed by atoms with Crippen molar-refractivity contribution in [2.24, 2.45) is 0 Å². The third kappa shape index (κ3) is 7.46. The van der Waals surface area contributed by atoms with Crippen LogP contribution in [0.4, 0.5) is 0 Å². The summed E-state index contributed by atoms with van der Waals surface area (Å²) in [5.41, 5.74) is 0. The second kappa shape index (κ2) is 5.99. The summed E-state index contributed by atoms with van der Waals surface area (Å²) in [6.07, 6.45) is 1.27. The van der Waals surface area contributed by atoms with Crippen LogP contribution in [0.3, 0.4) is 0 Å². The van der Waals surface area contributed by atoms with E-state index in [2.05, 4.69) is 40.0 Å². The van der Waals surface area contributed by atoms with Crippen LogP contribution in [-0.2, 0) is 4.12 Å². The van der Waals surface area contributed by atoms with Gasteiger partial charge in [-0.3, -0.25) is 0 Å². The summed E-state index contributed by atoms with van der Waals surface area (Å²) in [6.45, 7) is 13.9. The van der Waals surface area contributed by atoms with Gasteiger partial charge in [-0.1, -0.05) is 27.7 Å². The fourth-order valence-corrected chi connectivity index (χ4v) is 9.65. The number of hydrogen-bond acceptors (Lipinski definition) is 1. The summed E-state index contributed by atoms with van der Waals surface area (Å²) >= 11 is 0. The molecule has 0 bridgehead atoms. The lowest BCUT2D eigenvalue weighted by atomic mass is 10.6. The Hall–Kier alpha value is 0.394. The number of hydrogen-bond donors (Lipinski definition) is 0. The summed E-state index contributed by atoms with van der Waals surface area (Å²) in [6, 6.07) is 2.55.